The fourth-order valence-corrected chi connectivity index (χ4v) is 0.661. The van der Waals surface area contributed by atoms with Crippen LogP contribution in [0.1, 0.15) is 6.92 Å². The van der Waals surface area contributed by atoms with Crippen molar-refractivity contribution in [1.29, 1.82) is 0 Å². The lowest BCUT2D eigenvalue weighted by Gasteiger charge is -2.04. The zero-order valence-corrected chi connectivity index (χ0v) is 5.03. The fraction of sp³-hybridized carbons (Fsp3) is 0.800. The summed E-state index contributed by atoms with van der Waals surface area (Å²) in [5, 5.41) is 8.50. The molecule has 0 amide bonds. The van der Waals surface area contributed by atoms with Crippen LogP contribution in [-0.4, -0.2) is 30.1 Å². The number of aliphatic hydroxyl groups excluding tert-OH is 1. The summed E-state index contributed by atoms with van der Waals surface area (Å²) in [6.45, 7) is 1.50. The van der Waals surface area contributed by atoms with Crippen molar-refractivity contribution in [2.45, 2.75) is 19.1 Å². The maximum absolute atomic E-state index is 10.3. The van der Waals surface area contributed by atoms with E-state index < -0.39 is 12.3 Å². The molecule has 0 aliphatic carbocycles. The summed E-state index contributed by atoms with van der Waals surface area (Å²) < 4.78 is 9.06. The number of hydrogen-bond donors (Lipinski definition) is 1. The monoisotopic (exact) mass is 132 g/mol. The van der Waals surface area contributed by atoms with Gasteiger partial charge in [-0.1, -0.05) is 0 Å². The van der Waals surface area contributed by atoms with Crippen molar-refractivity contribution in [3.63, 3.8) is 0 Å². The average Bonchev–Trinajstić information content (AvgIpc) is 2.10. The van der Waals surface area contributed by atoms with Crippen molar-refractivity contribution in [3.8, 4) is 0 Å². The number of carbonyl (C=O) groups is 1. The van der Waals surface area contributed by atoms with Crippen LogP contribution in [0.5, 0.6) is 0 Å². The standard InChI is InChI=1S/C5H8O4/c1-3-4(2-6)9-5(7)8-3/h3-4,6H,2H2,1H3. The number of hydrogen-bond acceptors (Lipinski definition) is 4. The quantitative estimate of drug-likeness (QED) is 0.506. The van der Waals surface area contributed by atoms with Crippen LogP contribution in [0.15, 0.2) is 0 Å². The molecule has 1 rings (SSSR count). The second-order valence-electron chi connectivity index (χ2n) is 1.91. The van der Waals surface area contributed by atoms with Gasteiger partial charge in [-0.15, -0.1) is 0 Å². The highest BCUT2D eigenvalue weighted by Crippen LogP contribution is 2.12. The van der Waals surface area contributed by atoms with Gasteiger partial charge in [-0.3, -0.25) is 0 Å². The molecular weight excluding hydrogens is 124 g/mol. The molecule has 2 unspecified atom stereocenters. The number of cyclic esters (lactones) is 2. The average molecular weight is 132 g/mol. The topological polar surface area (TPSA) is 55.8 Å². The summed E-state index contributed by atoms with van der Waals surface area (Å²) >= 11 is 0. The van der Waals surface area contributed by atoms with Gasteiger partial charge >= 0.3 is 6.16 Å². The summed E-state index contributed by atoms with van der Waals surface area (Å²) in [5.41, 5.74) is 0. The van der Waals surface area contributed by atoms with Crippen molar-refractivity contribution in [1.82, 2.24) is 0 Å². The Hall–Kier alpha value is -0.770. The zero-order valence-electron chi connectivity index (χ0n) is 5.03. The predicted octanol–water partition coefficient (Wildman–Crippen LogP) is -0.0974. The van der Waals surface area contributed by atoms with Gasteiger partial charge in [0.1, 0.15) is 6.10 Å². The zero-order chi connectivity index (χ0) is 6.85. The van der Waals surface area contributed by atoms with Gasteiger partial charge in [0.05, 0.1) is 6.61 Å². The summed E-state index contributed by atoms with van der Waals surface area (Å²) in [5.74, 6) is 0. The van der Waals surface area contributed by atoms with Gasteiger partial charge in [-0.2, -0.15) is 0 Å². The van der Waals surface area contributed by atoms with E-state index in [-0.39, 0.29) is 12.7 Å². The highest BCUT2D eigenvalue weighted by molar-refractivity contribution is 5.62. The molecule has 1 aliphatic rings. The van der Waals surface area contributed by atoms with Crippen molar-refractivity contribution >= 4 is 6.16 Å². The first-order valence-corrected chi connectivity index (χ1v) is 2.72. The van der Waals surface area contributed by atoms with Crippen LogP contribution in [0.25, 0.3) is 0 Å². The van der Waals surface area contributed by atoms with E-state index in [9.17, 15) is 4.79 Å². The first kappa shape index (κ1) is 6.35. The highest BCUT2D eigenvalue weighted by Gasteiger charge is 2.31. The third kappa shape index (κ3) is 1.13. The Bertz CT molecular complexity index is 122. The Morgan fingerprint density at radius 1 is 1.67 bits per heavy atom. The van der Waals surface area contributed by atoms with E-state index >= 15 is 0 Å². The minimum Gasteiger partial charge on any atom is -0.427 e. The van der Waals surface area contributed by atoms with Crippen LogP contribution >= 0.6 is 0 Å². The van der Waals surface area contributed by atoms with Crippen LogP contribution < -0.4 is 0 Å². The van der Waals surface area contributed by atoms with E-state index in [0.29, 0.717) is 0 Å². The summed E-state index contributed by atoms with van der Waals surface area (Å²) in [6.07, 6.45) is -1.48. The van der Waals surface area contributed by atoms with E-state index in [1.807, 2.05) is 0 Å². The van der Waals surface area contributed by atoms with Gasteiger partial charge in [0.2, 0.25) is 0 Å². The van der Waals surface area contributed by atoms with Crippen molar-refractivity contribution in [2.24, 2.45) is 0 Å². The fourth-order valence-electron chi connectivity index (χ4n) is 0.661. The molecule has 2 atom stereocenters. The van der Waals surface area contributed by atoms with Gasteiger partial charge in [0.25, 0.3) is 0 Å². The molecule has 52 valence electrons. The third-order valence-corrected chi connectivity index (χ3v) is 1.23. The molecule has 0 spiro atoms. The van der Waals surface area contributed by atoms with Gasteiger partial charge in [0, 0.05) is 0 Å². The lowest BCUT2D eigenvalue weighted by molar-refractivity contribution is 0.0852. The second kappa shape index (κ2) is 2.23. The Morgan fingerprint density at radius 2 is 2.33 bits per heavy atom. The molecule has 0 aromatic rings. The van der Waals surface area contributed by atoms with E-state index in [1.165, 1.54) is 0 Å². The number of aliphatic hydroxyl groups is 1. The van der Waals surface area contributed by atoms with Crippen LogP contribution in [0.3, 0.4) is 0 Å². The van der Waals surface area contributed by atoms with Crippen LogP contribution in [0, 0.1) is 0 Å². The Labute approximate surface area is 52.4 Å². The van der Waals surface area contributed by atoms with E-state index in [0.717, 1.165) is 0 Å². The second-order valence-corrected chi connectivity index (χ2v) is 1.91. The molecule has 1 saturated heterocycles. The molecule has 0 radical (unpaired) electrons. The third-order valence-electron chi connectivity index (χ3n) is 1.23. The number of carbonyl (C=O) groups excluding carboxylic acids is 1. The van der Waals surface area contributed by atoms with E-state index in [1.54, 1.807) is 6.92 Å². The normalized spacial score (nSPS) is 33.8. The first-order valence-electron chi connectivity index (χ1n) is 2.72. The molecule has 0 bridgehead atoms. The molecule has 0 aromatic carbocycles. The Balaban J connectivity index is 2.47. The molecule has 1 N–H and O–H groups in total. The number of rotatable bonds is 1. The van der Waals surface area contributed by atoms with Crippen molar-refractivity contribution in [3.05, 3.63) is 0 Å². The van der Waals surface area contributed by atoms with Gasteiger partial charge in [-0.05, 0) is 6.92 Å². The van der Waals surface area contributed by atoms with Gasteiger partial charge < -0.3 is 14.6 Å². The van der Waals surface area contributed by atoms with Gasteiger partial charge in [-0.25, -0.2) is 4.79 Å². The molecule has 0 aromatic heterocycles. The summed E-state index contributed by atoms with van der Waals surface area (Å²) in [7, 11) is 0. The predicted molar refractivity (Wildman–Crippen MR) is 27.9 cm³/mol. The lowest BCUT2D eigenvalue weighted by atomic mass is 10.2. The molecular formula is C5H8O4. The molecule has 0 saturated carbocycles. The molecule has 1 heterocycles. The summed E-state index contributed by atoms with van der Waals surface area (Å²) in [6, 6.07) is 0. The van der Waals surface area contributed by atoms with Crippen LogP contribution in [0.2, 0.25) is 0 Å². The minimum atomic E-state index is -0.693. The lowest BCUT2D eigenvalue weighted by Crippen LogP contribution is -2.22. The summed E-state index contributed by atoms with van der Waals surface area (Å²) in [4.78, 5) is 10.3. The van der Waals surface area contributed by atoms with E-state index in [2.05, 4.69) is 9.47 Å². The Kier molecular flexibility index (Phi) is 1.57. The molecule has 4 heteroatoms. The first-order chi connectivity index (χ1) is 4.24. The molecule has 4 nitrogen and oxygen atoms in total. The van der Waals surface area contributed by atoms with Crippen molar-refractivity contribution in [2.75, 3.05) is 6.61 Å². The maximum Gasteiger partial charge on any atom is 0.509 e. The smallest absolute Gasteiger partial charge is 0.427 e. The SMILES string of the molecule is CC1OC(=O)OC1CO. The van der Waals surface area contributed by atoms with Gasteiger partial charge in [0.15, 0.2) is 6.10 Å². The largest absolute Gasteiger partial charge is 0.509 e. The maximum atomic E-state index is 10.3. The minimum absolute atomic E-state index is 0.174. The molecule has 1 aliphatic heterocycles. The molecule has 9 heavy (non-hydrogen) atoms. The molecule has 1 fully saturated rings. The Morgan fingerprint density at radius 3 is 2.56 bits per heavy atom. The van der Waals surface area contributed by atoms with Crippen LogP contribution in [-0.2, 0) is 9.47 Å². The van der Waals surface area contributed by atoms with Crippen LogP contribution in [0.4, 0.5) is 4.79 Å². The van der Waals surface area contributed by atoms with E-state index in [4.69, 9.17) is 5.11 Å². The van der Waals surface area contributed by atoms with Crippen molar-refractivity contribution < 1.29 is 19.4 Å². The number of ether oxygens (including phenoxy) is 2. The highest BCUT2D eigenvalue weighted by atomic mass is 16.8.